The average Bonchev–Trinajstić information content (AvgIpc) is 2.90. The zero-order valence-corrected chi connectivity index (χ0v) is 13.2. The fourth-order valence-electron chi connectivity index (χ4n) is 2.38. The zero-order chi connectivity index (χ0) is 15.4. The van der Waals surface area contributed by atoms with E-state index in [9.17, 15) is 0 Å². The molecule has 2 N–H and O–H groups in total. The van der Waals surface area contributed by atoms with Crippen molar-refractivity contribution < 1.29 is 4.74 Å². The number of aromatic nitrogens is 2. The molecule has 1 aromatic heterocycles. The van der Waals surface area contributed by atoms with Crippen LogP contribution in [0, 0.1) is 0 Å². The van der Waals surface area contributed by atoms with E-state index in [0.29, 0.717) is 0 Å². The predicted octanol–water partition coefficient (Wildman–Crippen LogP) is 2.42. The molecular formula is C16H24N4O. The molecule has 1 aromatic carbocycles. The Bertz CT molecular complexity index is 574. The Balaban J connectivity index is 2.34. The SMILES string of the molecule is CCCn1ncc(OC)c1C(N)c1ccc(N(C)C)cc1. The van der Waals surface area contributed by atoms with Crippen LogP contribution in [0.4, 0.5) is 5.69 Å². The lowest BCUT2D eigenvalue weighted by atomic mass is 10.0. The van der Waals surface area contributed by atoms with Crippen LogP contribution < -0.4 is 15.4 Å². The number of aryl methyl sites for hydroxylation is 1. The van der Waals surface area contributed by atoms with Crippen molar-refractivity contribution in [2.24, 2.45) is 5.73 Å². The zero-order valence-electron chi connectivity index (χ0n) is 13.2. The summed E-state index contributed by atoms with van der Waals surface area (Å²) in [5.74, 6) is 0.743. The van der Waals surface area contributed by atoms with Gasteiger partial charge in [0.15, 0.2) is 5.75 Å². The second-order valence-electron chi connectivity index (χ2n) is 5.28. The first-order valence-electron chi connectivity index (χ1n) is 7.21. The number of nitrogens with two attached hydrogens (primary N) is 1. The number of benzene rings is 1. The molecule has 0 aliphatic heterocycles. The van der Waals surface area contributed by atoms with Gasteiger partial charge in [-0.15, -0.1) is 0 Å². The molecule has 5 nitrogen and oxygen atoms in total. The second-order valence-corrected chi connectivity index (χ2v) is 5.28. The fraction of sp³-hybridized carbons (Fsp3) is 0.438. The van der Waals surface area contributed by atoms with Crippen LogP contribution in [0.25, 0.3) is 0 Å². The van der Waals surface area contributed by atoms with Gasteiger partial charge in [0.1, 0.15) is 5.69 Å². The van der Waals surface area contributed by atoms with Crippen molar-refractivity contribution in [3.63, 3.8) is 0 Å². The molecule has 0 bridgehead atoms. The fourth-order valence-corrected chi connectivity index (χ4v) is 2.38. The normalized spacial score (nSPS) is 12.2. The van der Waals surface area contributed by atoms with Gasteiger partial charge < -0.3 is 15.4 Å². The van der Waals surface area contributed by atoms with Crippen molar-refractivity contribution in [1.82, 2.24) is 9.78 Å². The summed E-state index contributed by atoms with van der Waals surface area (Å²) < 4.78 is 7.34. The lowest BCUT2D eigenvalue weighted by Gasteiger charge is -2.18. The molecule has 1 unspecified atom stereocenters. The van der Waals surface area contributed by atoms with Crippen molar-refractivity contribution in [3.05, 3.63) is 41.7 Å². The van der Waals surface area contributed by atoms with Crippen LogP contribution in [0.5, 0.6) is 5.75 Å². The van der Waals surface area contributed by atoms with Crippen LogP contribution in [-0.2, 0) is 6.54 Å². The lowest BCUT2D eigenvalue weighted by Crippen LogP contribution is -2.18. The summed E-state index contributed by atoms with van der Waals surface area (Å²) in [5, 5.41) is 4.37. The van der Waals surface area contributed by atoms with Crippen LogP contribution in [0.2, 0.25) is 0 Å². The first-order valence-corrected chi connectivity index (χ1v) is 7.21. The van der Waals surface area contributed by atoms with E-state index < -0.39 is 0 Å². The molecule has 0 saturated carbocycles. The maximum atomic E-state index is 6.44. The third kappa shape index (κ3) is 3.19. The predicted molar refractivity (Wildman–Crippen MR) is 85.9 cm³/mol. The molecule has 0 fully saturated rings. The van der Waals surface area contributed by atoms with E-state index in [0.717, 1.165) is 35.7 Å². The third-order valence-corrected chi connectivity index (χ3v) is 3.56. The smallest absolute Gasteiger partial charge is 0.161 e. The number of ether oxygens (including phenoxy) is 1. The van der Waals surface area contributed by atoms with Gasteiger partial charge in [0, 0.05) is 26.3 Å². The van der Waals surface area contributed by atoms with Crippen LogP contribution >= 0.6 is 0 Å². The minimum absolute atomic E-state index is 0.245. The van der Waals surface area contributed by atoms with E-state index in [2.05, 4.69) is 41.2 Å². The molecule has 21 heavy (non-hydrogen) atoms. The molecule has 0 radical (unpaired) electrons. The monoisotopic (exact) mass is 288 g/mol. The molecule has 5 heteroatoms. The van der Waals surface area contributed by atoms with Gasteiger partial charge in [-0.25, -0.2) is 0 Å². The summed E-state index contributed by atoms with van der Waals surface area (Å²) in [5.41, 5.74) is 9.57. The van der Waals surface area contributed by atoms with Crippen LogP contribution in [0.1, 0.15) is 30.6 Å². The first-order chi connectivity index (χ1) is 10.1. The van der Waals surface area contributed by atoms with Crippen molar-refractivity contribution in [1.29, 1.82) is 0 Å². The number of hydrogen-bond donors (Lipinski definition) is 1. The first kappa shape index (κ1) is 15.4. The Morgan fingerprint density at radius 3 is 2.48 bits per heavy atom. The number of anilines is 1. The average molecular weight is 288 g/mol. The molecule has 2 rings (SSSR count). The molecule has 0 aliphatic rings. The molecule has 114 valence electrons. The van der Waals surface area contributed by atoms with Crippen LogP contribution in [0.15, 0.2) is 30.5 Å². The van der Waals surface area contributed by atoms with E-state index >= 15 is 0 Å². The quantitative estimate of drug-likeness (QED) is 0.887. The molecule has 1 atom stereocenters. The maximum absolute atomic E-state index is 6.44. The molecule has 0 spiro atoms. The molecule has 1 heterocycles. The Kier molecular flexibility index (Phi) is 4.85. The van der Waals surface area contributed by atoms with Gasteiger partial charge in [0.25, 0.3) is 0 Å². The van der Waals surface area contributed by atoms with E-state index in [1.807, 2.05) is 18.8 Å². The summed E-state index contributed by atoms with van der Waals surface area (Å²) in [4.78, 5) is 2.07. The van der Waals surface area contributed by atoms with Crippen molar-refractivity contribution in [3.8, 4) is 5.75 Å². The Morgan fingerprint density at radius 1 is 1.29 bits per heavy atom. The van der Waals surface area contributed by atoms with Crippen molar-refractivity contribution in [2.75, 3.05) is 26.1 Å². The Labute approximate surface area is 126 Å². The van der Waals surface area contributed by atoms with Crippen molar-refractivity contribution >= 4 is 5.69 Å². The largest absolute Gasteiger partial charge is 0.493 e. The highest BCUT2D eigenvalue weighted by Crippen LogP contribution is 2.29. The number of methoxy groups -OCH3 is 1. The number of hydrogen-bond acceptors (Lipinski definition) is 4. The molecular weight excluding hydrogens is 264 g/mol. The topological polar surface area (TPSA) is 56.3 Å². The van der Waals surface area contributed by atoms with Gasteiger partial charge in [0.2, 0.25) is 0 Å². The van der Waals surface area contributed by atoms with E-state index in [-0.39, 0.29) is 6.04 Å². The molecule has 0 saturated heterocycles. The van der Waals surface area contributed by atoms with Gasteiger partial charge >= 0.3 is 0 Å². The standard InChI is InChI=1S/C16H24N4O/c1-5-10-20-16(14(21-4)11-18-20)15(17)12-6-8-13(9-7-12)19(2)3/h6-9,11,15H,5,10,17H2,1-4H3. The number of rotatable bonds is 6. The Hall–Kier alpha value is -2.01. The van der Waals surface area contributed by atoms with Crippen LogP contribution in [0.3, 0.4) is 0 Å². The van der Waals surface area contributed by atoms with Gasteiger partial charge in [-0.2, -0.15) is 5.10 Å². The minimum atomic E-state index is -0.245. The molecule has 0 aliphatic carbocycles. The maximum Gasteiger partial charge on any atom is 0.161 e. The minimum Gasteiger partial charge on any atom is -0.493 e. The molecule has 0 amide bonds. The number of nitrogens with zero attached hydrogens (tertiary/aromatic N) is 3. The summed E-state index contributed by atoms with van der Waals surface area (Å²) in [6.45, 7) is 2.96. The van der Waals surface area contributed by atoms with E-state index in [4.69, 9.17) is 10.5 Å². The third-order valence-electron chi connectivity index (χ3n) is 3.56. The van der Waals surface area contributed by atoms with Gasteiger partial charge in [-0.1, -0.05) is 19.1 Å². The molecule has 2 aromatic rings. The summed E-state index contributed by atoms with van der Waals surface area (Å²) in [6, 6.07) is 8.01. The Morgan fingerprint density at radius 2 is 1.95 bits per heavy atom. The highest BCUT2D eigenvalue weighted by atomic mass is 16.5. The highest BCUT2D eigenvalue weighted by Gasteiger charge is 2.20. The van der Waals surface area contributed by atoms with E-state index in [1.165, 1.54) is 0 Å². The highest BCUT2D eigenvalue weighted by molar-refractivity contribution is 5.48. The summed E-state index contributed by atoms with van der Waals surface area (Å²) in [7, 11) is 5.70. The van der Waals surface area contributed by atoms with Gasteiger partial charge in [-0.05, 0) is 24.1 Å². The van der Waals surface area contributed by atoms with Crippen molar-refractivity contribution in [2.45, 2.75) is 25.9 Å². The van der Waals surface area contributed by atoms with E-state index in [1.54, 1.807) is 13.3 Å². The van der Waals surface area contributed by atoms with Gasteiger partial charge in [0.05, 0.1) is 19.3 Å². The van der Waals surface area contributed by atoms with Crippen LogP contribution in [-0.4, -0.2) is 31.0 Å². The van der Waals surface area contributed by atoms with Gasteiger partial charge in [-0.3, -0.25) is 4.68 Å². The summed E-state index contributed by atoms with van der Waals surface area (Å²) >= 11 is 0. The second kappa shape index (κ2) is 6.63. The lowest BCUT2D eigenvalue weighted by molar-refractivity contribution is 0.404. The summed E-state index contributed by atoms with van der Waals surface area (Å²) in [6.07, 6.45) is 2.74.